The first-order valence-corrected chi connectivity index (χ1v) is 7.07. The van der Waals surface area contributed by atoms with E-state index >= 15 is 0 Å². The van der Waals surface area contributed by atoms with Gasteiger partial charge in [0.1, 0.15) is 11.6 Å². The third kappa shape index (κ3) is 3.35. The molecule has 0 saturated heterocycles. The predicted molar refractivity (Wildman–Crippen MR) is 85.0 cm³/mol. The second-order valence-corrected chi connectivity index (χ2v) is 5.40. The van der Waals surface area contributed by atoms with E-state index in [1.54, 1.807) is 13.1 Å². The lowest BCUT2D eigenvalue weighted by Crippen LogP contribution is -2.05. The van der Waals surface area contributed by atoms with Crippen molar-refractivity contribution in [2.24, 2.45) is 0 Å². The minimum Gasteiger partial charge on any atom is -0.491 e. The number of rotatable bonds is 4. The van der Waals surface area contributed by atoms with E-state index in [1.165, 1.54) is 0 Å². The van der Waals surface area contributed by atoms with Crippen molar-refractivity contribution in [3.63, 3.8) is 0 Å². The lowest BCUT2D eigenvalue weighted by molar-refractivity contribution is 0.242. The summed E-state index contributed by atoms with van der Waals surface area (Å²) in [6.07, 6.45) is 0.147. The molecule has 0 unspecified atom stereocenters. The Bertz CT molecular complexity index is 598. The van der Waals surface area contributed by atoms with Crippen LogP contribution in [0, 0.1) is 0 Å². The van der Waals surface area contributed by atoms with Gasteiger partial charge in [-0.25, -0.2) is 4.98 Å². The van der Waals surface area contributed by atoms with Crippen LogP contribution >= 0.6 is 23.2 Å². The Morgan fingerprint density at radius 1 is 1.10 bits per heavy atom. The molecule has 0 aliphatic heterocycles. The summed E-state index contributed by atoms with van der Waals surface area (Å²) >= 11 is 12.3. The molecule has 20 heavy (non-hydrogen) atoms. The third-order valence-corrected chi connectivity index (χ3v) is 3.24. The Morgan fingerprint density at radius 3 is 2.30 bits per heavy atom. The fourth-order valence-electron chi connectivity index (χ4n) is 1.81. The lowest BCUT2D eigenvalue weighted by Gasteiger charge is -2.11. The first-order chi connectivity index (χ1) is 9.51. The maximum Gasteiger partial charge on any atom is 0.145 e. The zero-order chi connectivity index (χ0) is 14.7. The van der Waals surface area contributed by atoms with Crippen molar-refractivity contribution in [2.75, 3.05) is 12.4 Å². The van der Waals surface area contributed by atoms with E-state index < -0.39 is 0 Å². The number of anilines is 1. The number of nitrogens with one attached hydrogen (secondary N) is 1. The van der Waals surface area contributed by atoms with Crippen LogP contribution in [0.3, 0.4) is 0 Å². The number of halogens is 2. The Morgan fingerprint density at radius 2 is 1.75 bits per heavy atom. The van der Waals surface area contributed by atoms with E-state index in [0.717, 1.165) is 11.3 Å². The standard InChI is InChI=1S/C15H16Cl2N2O/c1-9(2)20-11-6-4-10(5-7-11)14-12(16)8-13(17)15(18-3)19-14/h4-9H,1-3H3,(H,18,19). The highest BCUT2D eigenvalue weighted by Crippen LogP contribution is 2.32. The zero-order valence-electron chi connectivity index (χ0n) is 11.6. The molecule has 0 spiro atoms. The first-order valence-electron chi connectivity index (χ1n) is 6.32. The summed E-state index contributed by atoms with van der Waals surface area (Å²) in [4.78, 5) is 4.44. The van der Waals surface area contributed by atoms with Crippen LogP contribution in [0.15, 0.2) is 30.3 Å². The molecule has 1 heterocycles. The molecule has 0 bridgehead atoms. The van der Waals surface area contributed by atoms with Gasteiger partial charge in [0.25, 0.3) is 0 Å². The number of nitrogens with zero attached hydrogens (tertiary/aromatic N) is 1. The predicted octanol–water partition coefficient (Wildman–Crippen LogP) is 4.88. The molecule has 5 heteroatoms. The van der Waals surface area contributed by atoms with Crippen LogP contribution in [0.4, 0.5) is 5.82 Å². The molecule has 1 aromatic carbocycles. The van der Waals surface area contributed by atoms with Gasteiger partial charge in [-0.1, -0.05) is 23.2 Å². The van der Waals surface area contributed by atoms with Gasteiger partial charge < -0.3 is 10.1 Å². The van der Waals surface area contributed by atoms with Crippen LogP contribution in [0.1, 0.15) is 13.8 Å². The summed E-state index contributed by atoms with van der Waals surface area (Å²) in [5.74, 6) is 1.43. The quantitative estimate of drug-likeness (QED) is 0.873. The van der Waals surface area contributed by atoms with Gasteiger partial charge in [0, 0.05) is 12.6 Å². The molecule has 0 aliphatic carbocycles. The lowest BCUT2D eigenvalue weighted by atomic mass is 10.1. The molecule has 3 nitrogen and oxygen atoms in total. The van der Waals surface area contributed by atoms with Gasteiger partial charge >= 0.3 is 0 Å². The van der Waals surface area contributed by atoms with Crippen molar-refractivity contribution >= 4 is 29.0 Å². The van der Waals surface area contributed by atoms with Gasteiger partial charge in [0.05, 0.1) is 21.8 Å². The molecule has 2 rings (SSSR count). The summed E-state index contributed by atoms with van der Waals surface area (Å²) in [5.41, 5.74) is 1.61. The summed E-state index contributed by atoms with van der Waals surface area (Å²) in [6, 6.07) is 9.36. The van der Waals surface area contributed by atoms with Crippen LogP contribution in [-0.2, 0) is 0 Å². The highest BCUT2D eigenvalue weighted by Gasteiger charge is 2.10. The molecule has 1 N–H and O–H groups in total. The largest absolute Gasteiger partial charge is 0.491 e. The normalized spacial score (nSPS) is 10.7. The molecule has 106 valence electrons. The topological polar surface area (TPSA) is 34.2 Å². The van der Waals surface area contributed by atoms with Gasteiger partial charge in [0.2, 0.25) is 0 Å². The van der Waals surface area contributed by atoms with E-state index in [9.17, 15) is 0 Å². The second-order valence-electron chi connectivity index (χ2n) is 4.59. The fraction of sp³-hybridized carbons (Fsp3) is 0.267. The summed E-state index contributed by atoms with van der Waals surface area (Å²) in [7, 11) is 1.77. The summed E-state index contributed by atoms with van der Waals surface area (Å²) < 4.78 is 5.61. The van der Waals surface area contributed by atoms with Crippen molar-refractivity contribution in [1.29, 1.82) is 0 Å². The summed E-state index contributed by atoms with van der Waals surface area (Å²) in [5, 5.41) is 3.96. The van der Waals surface area contributed by atoms with E-state index in [1.807, 2.05) is 38.1 Å². The zero-order valence-corrected chi connectivity index (χ0v) is 13.1. The molecule has 0 atom stereocenters. The minimum atomic E-state index is 0.147. The molecule has 0 radical (unpaired) electrons. The van der Waals surface area contributed by atoms with Gasteiger partial charge in [-0.15, -0.1) is 0 Å². The molecule has 0 aliphatic rings. The Kier molecular flexibility index (Phi) is 4.73. The maximum absolute atomic E-state index is 6.21. The van der Waals surface area contributed by atoms with Gasteiger partial charge in [-0.2, -0.15) is 0 Å². The van der Waals surface area contributed by atoms with Crippen LogP contribution in [0.2, 0.25) is 10.0 Å². The number of hydrogen-bond donors (Lipinski definition) is 1. The molecule has 1 aromatic heterocycles. The van der Waals surface area contributed by atoms with Gasteiger partial charge in [-0.3, -0.25) is 0 Å². The number of benzene rings is 1. The van der Waals surface area contributed by atoms with Crippen molar-refractivity contribution in [3.05, 3.63) is 40.4 Å². The van der Waals surface area contributed by atoms with Crippen LogP contribution in [0.5, 0.6) is 5.75 Å². The average Bonchev–Trinajstić information content (AvgIpc) is 2.39. The van der Waals surface area contributed by atoms with Crippen LogP contribution in [0.25, 0.3) is 11.3 Å². The second kappa shape index (κ2) is 6.33. The number of ether oxygens (including phenoxy) is 1. The van der Waals surface area contributed by atoms with E-state index in [4.69, 9.17) is 27.9 Å². The van der Waals surface area contributed by atoms with E-state index in [0.29, 0.717) is 21.6 Å². The molecule has 0 fully saturated rings. The van der Waals surface area contributed by atoms with Crippen molar-refractivity contribution in [2.45, 2.75) is 20.0 Å². The number of hydrogen-bond acceptors (Lipinski definition) is 3. The van der Waals surface area contributed by atoms with Crippen molar-refractivity contribution in [3.8, 4) is 17.0 Å². The molecule has 0 saturated carbocycles. The Hall–Kier alpha value is -1.45. The molecular formula is C15H16Cl2N2O. The SMILES string of the molecule is CNc1nc(-c2ccc(OC(C)C)cc2)c(Cl)cc1Cl. The minimum absolute atomic E-state index is 0.147. The highest BCUT2D eigenvalue weighted by atomic mass is 35.5. The first kappa shape index (κ1) is 14.9. The number of pyridine rings is 1. The fourth-order valence-corrected chi connectivity index (χ4v) is 2.37. The van der Waals surface area contributed by atoms with E-state index in [2.05, 4.69) is 10.3 Å². The molecule has 2 aromatic rings. The monoisotopic (exact) mass is 310 g/mol. The van der Waals surface area contributed by atoms with Crippen LogP contribution < -0.4 is 10.1 Å². The third-order valence-electron chi connectivity index (χ3n) is 2.67. The smallest absolute Gasteiger partial charge is 0.145 e. The summed E-state index contributed by atoms with van der Waals surface area (Å²) in [6.45, 7) is 3.98. The van der Waals surface area contributed by atoms with E-state index in [-0.39, 0.29) is 6.10 Å². The Labute approximate surface area is 128 Å². The maximum atomic E-state index is 6.21. The molecule has 0 amide bonds. The van der Waals surface area contributed by atoms with Crippen LogP contribution in [-0.4, -0.2) is 18.1 Å². The average molecular weight is 311 g/mol. The van der Waals surface area contributed by atoms with Gasteiger partial charge in [-0.05, 0) is 44.2 Å². The van der Waals surface area contributed by atoms with Crippen molar-refractivity contribution < 1.29 is 4.74 Å². The Balaban J connectivity index is 2.36. The molecular weight excluding hydrogens is 295 g/mol. The number of aromatic nitrogens is 1. The van der Waals surface area contributed by atoms with Crippen molar-refractivity contribution in [1.82, 2.24) is 4.98 Å². The highest BCUT2D eigenvalue weighted by molar-refractivity contribution is 6.37. The van der Waals surface area contributed by atoms with Gasteiger partial charge in [0.15, 0.2) is 0 Å².